The fraction of sp³-hybridized carbons (Fsp3) is 0.591. The predicted octanol–water partition coefficient (Wildman–Crippen LogP) is 2.28. The number of aromatic nitrogens is 2. The molecule has 1 spiro atoms. The molecular weight excluding hydrogens is 368 g/mol. The normalized spacial score (nSPS) is 24.5. The van der Waals surface area contributed by atoms with Gasteiger partial charge in [0.2, 0.25) is 0 Å². The Morgan fingerprint density at radius 2 is 1.93 bits per heavy atom. The first-order valence-electron chi connectivity index (χ1n) is 10.7. The lowest BCUT2D eigenvalue weighted by molar-refractivity contribution is -0.150. The summed E-state index contributed by atoms with van der Waals surface area (Å²) in [5.41, 5.74) is 1.96. The largest absolute Gasteiger partial charge is 0.461 e. The Morgan fingerprint density at radius 1 is 1.17 bits per heavy atom. The minimum atomic E-state index is -0.406. The minimum absolute atomic E-state index is 0.00420. The van der Waals surface area contributed by atoms with Gasteiger partial charge in [-0.15, -0.1) is 0 Å². The van der Waals surface area contributed by atoms with Crippen molar-refractivity contribution < 1.29 is 14.3 Å². The fourth-order valence-electron chi connectivity index (χ4n) is 5.11. The smallest absolute Gasteiger partial charge is 0.312 e. The minimum Gasteiger partial charge on any atom is -0.461 e. The number of cyclic esters (lactones) is 1. The van der Waals surface area contributed by atoms with Gasteiger partial charge in [0.1, 0.15) is 17.4 Å². The highest BCUT2D eigenvalue weighted by Crippen LogP contribution is 2.43. The molecule has 3 aliphatic heterocycles. The van der Waals surface area contributed by atoms with E-state index in [0.717, 1.165) is 37.3 Å². The maximum absolute atomic E-state index is 13.0. The van der Waals surface area contributed by atoms with Crippen molar-refractivity contribution >= 4 is 17.5 Å². The number of aryl methyl sites for hydroxylation is 1. The number of imidazole rings is 1. The number of rotatable bonds is 3. The lowest BCUT2D eigenvalue weighted by Gasteiger charge is -2.36. The molecule has 0 aliphatic carbocycles. The molecule has 154 valence electrons. The highest BCUT2D eigenvalue weighted by atomic mass is 16.6. The first kappa shape index (κ1) is 18.6. The van der Waals surface area contributed by atoms with E-state index in [-0.39, 0.29) is 18.0 Å². The van der Waals surface area contributed by atoms with Crippen molar-refractivity contribution in [3.63, 3.8) is 0 Å². The second kappa shape index (κ2) is 7.13. The molecule has 1 atom stereocenters. The van der Waals surface area contributed by atoms with Crippen LogP contribution in [-0.2, 0) is 9.53 Å². The Labute approximate surface area is 170 Å². The number of nitrogens with zero attached hydrogens (tertiary/aromatic N) is 4. The van der Waals surface area contributed by atoms with Gasteiger partial charge in [0.05, 0.1) is 5.41 Å². The first-order chi connectivity index (χ1) is 14.0. The van der Waals surface area contributed by atoms with E-state index in [2.05, 4.69) is 9.88 Å². The standard InChI is InChI=1S/C22H28N4O3/c1-16-4-5-19-23-18(15-26(19)13-16)20(27)25-10-6-22(7-11-25)12-17(29-21(22)28)14-24-8-2-3-9-24/h4-5,13,15,17H,2-3,6-12,14H2,1H3. The van der Waals surface area contributed by atoms with E-state index in [1.807, 2.05) is 34.6 Å². The molecule has 0 N–H and O–H groups in total. The molecule has 1 amide bonds. The van der Waals surface area contributed by atoms with Crippen LogP contribution >= 0.6 is 0 Å². The third-order valence-corrected chi connectivity index (χ3v) is 6.81. The van der Waals surface area contributed by atoms with Crippen LogP contribution in [0.15, 0.2) is 24.5 Å². The second-order valence-electron chi connectivity index (χ2n) is 8.91. The SMILES string of the molecule is Cc1ccc2nc(C(=O)N3CCC4(CC3)CC(CN3CCCC3)OC4=O)cn2c1. The van der Waals surface area contributed by atoms with Gasteiger partial charge in [0.25, 0.3) is 5.91 Å². The Hall–Kier alpha value is -2.41. The molecule has 1 unspecified atom stereocenters. The molecule has 0 saturated carbocycles. The van der Waals surface area contributed by atoms with Gasteiger partial charge < -0.3 is 14.0 Å². The number of carbonyl (C=O) groups excluding carboxylic acids is 2. The number of hydrogen-bond acceptors (Lipinski definition) is 5. The van der Waals surface area contributed by atoms with E-state index in [0.29, 0.717) is 31.6 Å². The van der Waals surface area contributed by atoms with Crippen molar-refractivity contribution in [2.45, 2.75) is 45.1 Å². The van der Waals surface area contributed by atoms with Crippen molar-refractivity contribution in [2.75, 3.05) is 32.7 Å². The summed E-state index contributed by atoms with van der Waals surface area (Å²) in [7, 11) is 0. The van der Waals surface area contributed by atoms with Gasteiger partial charge in [-0.05, 0) is 57.3 Å². The van der Waals surface area contributed by atoms with Crippen LogP contribution in [0.5, 0.6) is 0 Å². The summed E-state index contributed by atoms with van der Waals surface area (Å²) in [6, 6.07) is 3.91. The lowest BCUT2D eigenvalue weighted by atomic mass is 9.76. The number of pyridine rings is 1. The van der Waals surface area contributed by atoms with E-state index in [1.165, 1.54) is 12.8 Å². The zero-order chi connectivity index (χ0) is 20.0. The molecule has 2 aromatic rings. The van der Waals surface area contributed by atoms with Gasteiger partial charge in [0, 0.05) is 38.4 Å². The summed E-state index contributed by atoms with van der Waals surface area (Å²) in [5.74, 6) is -0.113. The molecule has 0 radical (unpaired) electrons. The fourth-order valence-corrected chi connectivity index (χ4v) is 5.11. The summed E-state index contributed by atoms with van der Waals surface area (Å²) in [6.07, 6.45) is 8.41. The van der Waals surface area contributed by atoms with Crippen LogP contribution in [0, 0.1) is 12.3 Å². The number of likely N-dealkylation sites (tertiary alicyclic amines) is 2. The Kier molecular flexibility index (Phi) is 4.57. The lowest BCUT2D eigenvalue weighted by Crippen LogP contribution is -2.45. The van der Waals surface area contributed by atoms with Gasteiger partial charge in [-0.1, -0.05) is 6.07 Å². The monoisotopic (exact) mass is 396 g/mol. The van der Waals surface area contributed by atoms with Crippen LogP contribution in [-0.4, -0.2) is 69.9 Å². The number of carbonyl (C=O) groups is 2. The van der Waals surface area contributed by atoms with Crippen molar-refractivity contribution in [1.29, 1.82) is 0 Å². The molecule has 3 saturated heterocycles. The molecule has 0 aromatic carbocycles. The van der Waals surface area contributed by atoms with E-state index in [9.17, 15) is 9.59 Å². The highest BCUT2D eigenvalue weighted by Gasteiger charge is 2.51. The van der Waals surface area contributed by atoms with Crippen LogP contribution in [0.1, 0.15) is 48.2 Å². The molecule has 5 rings (SSSR count). The van der Waals surface area contributed by atoms with Crippen LogP contribution < -0.4 is 0 Å². The maximum Gasteiger partial charge on any atom is 0.312 e. The second-order valence-corrected chi connectivity index (χ2v) is 8.91. The van der Waals surface area contributed by atoms with E-state index < -0.39 is 5.41 Å². The third-order valence-electron chi connectivity index (χ3n) is 6.81. The average molecular weight is 396 g/mol. The number of fused-ring (bicyclic) bond motifs is 1. The predicted molar refractivity (Wildman–Crippen MR) is 108 cm³/mol. The Morgan fingerprint density at radius 3 is 2.69 bits per heavy atom. The van der Waals surface area contributed by atoms with Crippen molar-refractivity contribution in [3.05, 3.63) is 35.8 Å². The summed E-state index contributed by atoms with van der Waals surface area (Å²) < 4.78 is 7.64. The molecular formula is C22H28N4O3. The van der Waals surface area contributed by atoms with Gasteiger partial charge in [-0.2, -0.15) is 0 Å². The molecule has 3 fully saturated rings. The topological polar surface area (TPSA) is 67.2 Å². The van der Waals surface area contributed by atoms with Crippen LogP contribution in [0.3, 0.4) is 0 Å². The third kappa shape index (κ3) is 3.41. The summed E-state index contributed by atoms with van der Waals surface area (Å²) in [6.45, 7) is 6.26. The van der Waals surface area contributed by atoms with E-state index in [1.54, 1.807) is 6.20 Å². The molecule has 29 heavy (non-hydrogen) atoms. The zero-order valence-corrected chi connectivity index (χ0v) is 17.0. The number of piperidine rings is 1. The van der Waals surface area contributed by atoms with Crippen LogP contribution in [0.25, 0.3) is 5.65 Å². The number of esters is 1. The number of hydrogen-bond donors (Lipinski definition) is 0. The molecule has 3 aliphatic rings. The summed E-state index contributed by atoms with van der Waals surface area (Å²) >= 11 is 0. The summed E-state index contributed by atoms with van der Waals surface area (Å²) in [4.78, 5) is 34.3. The van der Waals surface area contributed by atoms with E-state index >= 15 is 0 Å². The molecule has 0 bridgehead atoms. The Bertz CT molecular complexity index is 939. The van der Waals surface area contributed by atoms with Crippen molar-refractivity contribution in [2.24, 2.45) is 5.41 Å². The maximum atomic E-state index is 13.0. The number of ether oxygens (including phenoxy) is 1. The quantitative estimate of drug-likeness (QED) is 0.745. The van der Waals surface area contributed by atoms with Crippen molar-refractivity contribution in [3.8, 4) is 0 Å². The summed E-state index contributed by atoms with van der Waals surface area (Å²) in [5, 5.41) is 0. The van der Waals surface area contributed by atoms with Crippen LogP contribution in [0.2, 0.25) is 0 Å². The molecule has 7 heteroatoms. The molecule has 7 nitrogen and oxygen atoms in total. The Balaban J connectivity index is 1.23. The van der Waals surface area contributed by atoms with Gasteiger partial charge in [-0.3, -0.25) is 14.5 Å². The molecule has 5 heterocycles. The highest BCUT2D eigenvalue weighted by molar-refractivity contribution is 5.93. The van der Waals surface area contributed by atoms with E-state index in [4.69, 9.17) is 4.74 Å². The molecule has 2 aromatic heterocycles. The van der Waals surface area contributed by atoms with Gasteiger partial charge >= 0.3 is 5.97 Å². The van der Waals surface area contributed by atoms with Crippen LogP contribution in [0.4, 0.5) is 0 Å². The van der Waals surface area contributed by atoms with Gasteiger partial charge in [-0.25, -0.2) is 4.98 Å². The first-order valence-corrected chi connectivity index (χ1v) is 10.7. The van der Waals surface area contributed by atoms with Crippen molar-refractivity contribution in [1.82, 2.24) is 19.2 Å². The average Bonchev–Trinajstić information content (AvgIpc) is 3.42. The number of amides is 1. The van der Waals surface area contributed by atoms with Gasteiger partial charge in [0.15, 0.2) is 0 Å². The zero-order valence-electron chi connectivity index (χ0n) is 17.0.